The van der Waals surface area contributed by atoms with Crippen LogP contribution >= 0.6 is 0 Å². The van der Waals surface area contributed by atoms with Crippen molar-refractivity contribution in [3.8, 4) is 0 Å². The Morgan fingerprint density at radius 2 is 2.36 bits per heavy atom. The lowest BCUT2D eigenvalue weighted by Gasteiger charge is -2.22. The molecule has 2 aliphatic heterocycles. The zero-order valence-electron chi connectivity index (χ0n) is 8.99. The summed E-state index contributed by atoms with van der Waals surface area (Å²) >= 11 is 0. The van der Waals surface area contributed by atoms with E-state index >= 15 is 0 Å². The number of hydrogen-bond acceptors (Lipinski definition) is 2. The van der Waals surface area contributed by atoms with Gasteiger partial charge in [0.15, 0.2) is 0 Å². The average molecular weight is 197 g/mol. The largest absolute Gasteiger partial charge is 0.323 e. The fourth-order valence-electron chi connectivity index (χ4n) is 2.40. The molecule has 2 rings (SSSR count). The molecule has 2 unspecified atom stereocenters. The van der Waals surface area contributed by atoms with E-state index in [1.165, 1.54) is 0 Å². The van der Waals surface area contributed by atoms with Gasteiger partial charge in [-0.15, -0.1) is 0 Å². The highest BCUT2D eigenvalue weighted by Crippen LogP contribution is 2.21. The van der Waals surface area contributed by atoms with Crippen LogP contribution in [0, 0.1) is 0 Å². The van der Waals surface area contributed by atoms with Crippen molar-refractivity contribution in [3.05, 3.63) is 0 Å². The number of carbonyl (C=O) groups is 1. The van der Waals surface area contributed by atoms with Gasteiger partial charge in [0.25, 0.3) is 0 Å². The lowest BCUT2D eigenvalue weighted by molar-refractivity contribution is 0.184. The second kappa shape index (κ2) is 3.77. The molecule has 0 aromatic carbocycles. The molecular formula is C10H19N3O. The fourth-order valence-corrected chi connectivity index (χ4v) is 2.40. The van der Waals surface area contributed by atoms with Gasteiger partial charge in [0, 0.05) is 26.2 Å². The lowest BCUT2D eigenvalue weighted by atomic mass is 10.2. The van der Waals surface area contributed by atoms with Crippen molar-refractivity contribution in [2.75, 3.05) is 26.7 Å². The Balaban J connectivity index is 2.03. The molecule has 4 heteroatoms. The molecule has 80 valence electrons. The number of urea groups is 1. The van der Waals surface area contributed by atoms with E-state index in [0.29, 0.717) is 12.1 Å². The average Bonchev–Trinajstić information content (AvgIpc) is 2.78. The van der Waals surface area contributed by atoms with Crippen LogP contribution in [0.25, 0.3) is 0 Å². The smallest absolute Gasteiger partial charge is 0.320 e. The summed E-state index contributed by atoms with van der Waals surface area (Å²) < 4.78 is 0. The van der Waals surface area contributed by atoms with Gasteiger partial charge >= 0.3 is 6.03 Å². The van der Waals surface area contributed by atoms with E-state index in [4.69, 9.17) is 0 Å². The van der Waals surface area contributed by atoms with Gasteiger partial charge in [-0.25, -0.2) is 4.79 Å². The molecule has 14 heavy (non-hydrogen) atoms. The molecule has 0 saturated carbocycles. The Morgan fingerprint density at radius 1 is 1.57 bits per heavy atom. The number of carbonyl (C=O) groups excluding carboxylic acids is 1. The normalized spacial score (nSPS) is 33.1. The second-order valence-corrected chi connectivity index (χ2v) is 4.25. The summed E-state index contributed by atoms with van der Waals surface area (Å²) in [5.74, 6) is 0. The first-order valence-electron chi connectivity index (χ1n) is 5.48. The molecule has 2 amide bonds. The van der Waals surface area contributed by atoms with E-state index in [9.17, 15) is 4.79 Å². The summed E-state index contributed by atoms with van der Waals surface area (Å²) in [5, 5.41) is 3.31. The van der Waals surface area contributed by atoms with Crippen LogP contribution in [0.3, 0.4) is 0 Å². The molecule has 0 radical (unpaired) electrons. The molecule has 0 aromatic rings. The van der Waals surface area contributed by atoms with Crippen LogP contribution in [0.2, 0.25) is 0 Å². The highest BCUT2D eigenvalue weighted by Gasteiger charge is 2.38. The Kier molecular flexibility index (Phi) is 2.63. The highest BCUT2D eigenvalue weighted by atomic mass is 16.2. The van der Waals surface area contributed by atoms with Gasteiger partial charge in [-0.3, -0.25) is 0 Å². The van der Waals surface area contributed by atoms with Crippen molar-refractivity contribution in [2.24, 2.45) is 0 Å². The van der Waals surface area contributed by atoms with Crippen molar-refractivity contribution in [3.63, 3.8) is 0 Å². The minimum atomic E-state index is 0.213. The minimum Gasteiger partial charge on any atom is -0.323 e. The van der Waals surface area contributed by atoms with Gasteiger partial charge in [-0.2, -0.15) is 0 Å². The van der Waals surface area contributed by atoms with E-state index in [0.717, 1.165) is 32.5 Å². The SMILES string of the molecule is CCC1CN(C2CCNC2)C(=O)N1C. The van der Waals surface area contributed by atoms with Crippen molar-refractivity contribution in [2.45, 2.75) is 31.8 Å². The number of rotatable bonds is 2. The Bertz CT molecular complexity index is 225. The van der Waals surface area contributed by atoms with Gasteiger partial charge in [0.1, 0.15) is 0 Å². The van der Waals surface area contributed by atoms with Crippen LogP contribution in [0.15, 0.2) is 0 Å². The monoisotopic (exact) mass is 197 g/mol. The molecule has 2 heterocycles. The predicted octanol–water partition coefficient (Wildman–Crippen LogP) is 0.494. The number of nitrogens with zero attached hydrogens (tertiary/aromatic N) is 2. The Labute approximate surface area is 85.2 Å². The zero-order valence-corrected chi connectivity index (χ0v) is 8.99. The van der Waals surface area contributed by atoms with E-state index in [2.05, 4.69) is 12.2 Å². The third-order valence-corrected chi connectivity index (χ3v) is 3.45. The molecule has 0 aliphatic carbocycles. The van der Waals surface area contributed by atoms with Crippen molar-refractivity contribution in [1.29, 1.82) is 0 Å². The van der Waals surface area contributed by atoms with Crippen LogP contribution in [0.5, 0.6) is 0 Å². The molecule has 0 aromatic heterocycles. The predicted molar refractivity (Wildman–Crippen MR) is 55.2 cm³/mol. The maximum Gasteiger partial charge on any atom is 0.320 e. The summed E-state index contributed by atoms with van der Waals surface area (Å²) in [6.07, 6.45) is 2.16. The molecule has 2 atom stereocenters. The Morgan fingerprint density at radius 3 is 2.86 bits per heavy atom. The van der Waals surface area contributed by atoms with Crippen LogP contribution in [0.4, 0.5) is 4.79 Å². The first-order valence-corrected chi connectivity index (χ1v) is 5.48. The van der Waals surface area contributed by atoms with Gasteiger partial charge in [0.2, 0.25) is 0 Å². The molecule has 2 aliphatic rings. The molecule has 1 N–H and O–H groups in total. The van der Waals surface area contributed by atoms with E-state index < -0.39 is 0 Å². The Hall–Kier alpha value is -0.770. The summed E-state index contributed by atoms with van der Waals surface area (Å²) in [7, 11) is 1.92. The zero-order chi connectivity index (χ0) is 10.1. The number of hydrogen-bond donors (Lipinski definition) is 1. The van der Waals surface area contributed by atoms with Gasteiger partial charge < -0.3 is 15.1 Å². The van der Waals surface area contributed by atoms with Gasteiger partial charge in [-0.1, -0.05) is 6.92 Å². The second-order valence-electron chi connectivity index (χ2n) is 4.25. The molecular weight excluding hydrogens is 178 g/mol. The standard InChI is InChI=1S/C10H19N3O/c1-3-8-7-13(10(14)12(8)2)9-4-5-11-6-9/h8-9,11H,3-7H2,1-2H3. The third kappa shape index (κ3) is 1.47. The topological polar surface area (TPSA) is 35.6 Å². The van der Waals surface area contributed by atoms with Gasteiger partial charge in [0.05, 0.1) is 6.04 Å². The summed E-state index contributed by atoms with van der Waals surface area (Å²) in [5.41, 5.74) is 0. The van der Waals surface area contributed by atoms with Crippen LogP contribution in [-0.4, -0.2) is 54.6 Å². The van der Waals surface area contributed by atoms with Crippen molar-refractivity contribution < 1.29 is 4.79 Å². The number of nitrogens with one attached hydrogen (secondary N) is 1. The third-order valence-electron chi connectivity index (χ3n) is 3.45. The summed E-state index contributed by atoms with van der Waals surface area (Å²) in [6.45, 7) is 5.08. The first-order chi connectivity index (χ1) is 6.74. The molecule has 2 saturated heterocycles. The fraction of sp³-hybridized carbons (Fsp3) is 0.900. The van der Waals surface area contributed by atoms with Crippen molar-refractivity contribution >= 4 is 6.03 Å². The van der Waals surface area contributed by atoms with E-state index in [1.807, 2.05) is 16.8 Å². The molecule has 0 spiro atoms. The quantitative estimate of drug-likeness (QED) is 0.699. The summed E-state index contributed by atoms with van der Waals surface area (Å²) in [4.78, 5) is 15.8. The molecule has 0 bridgehead atoms. The van der Waals surface area contributed by atoms with E-state index in [-0.39, 0.29) is 6.03 Å². The molecule has 4 nitrogen and oxygen atoms in total. The van der Waals surface area contributed by atoms with Crippen molar-refractivity contribution in [1.82, 2.24) is 15.1 Å². The van der Waals surface area contributed by atoms with Crippen LogP contribution in [0.1, 0.15) is 19.8 Å². The minimum absolute atomic E-state index is 0.213. The lowest BCUT2D eigenvalue weighted by Crippen LogP contribution is -2.39. The number of amides is 2. The first kappa shape index (κ1) is 9.77. The van der Waals surface area contributed by atoms with Crippen LogP contribution in [-0.2, 0) is 0 Å². The van der Waals surface area contributed by atoms with Gasteiger partial charge in [-0.05, 0) is 19.4 Å². The number of likely N-dealkylation sites (N-methyl/N-ethyl adjacent to an activating group) is 1. The summed E-state index contributed by atoms with van der Waals surface area (Å²) in [6, 6.07) is 1.06. The highest BCUT2D eigenvalue weighted by molar-refractivity contribution is 5.77. The maximum absolute atomic E-state index is 11.9. The van der Waals surface area contributed by atoms with Crippen LogP contribution < -0.4 is 5.32 Å². The maximum atomic E-state index is 11.9. The van der Waals surface area contributed by atoms with E-state index in [1.54, 1.807) is 0 Å². The molecule has 2 fully saturated rings.